The van der Waals surface area contributed by atoms with Crippen molar-refractivity contribution in [3.05, 3.63) is 53.2 Å². The van der Waals surface area contributed by atoms with E-state index in [1.807, 2.05) is 0 Å². The van der Waals surface area contributed by atoms with Crippen molar-refractivity contribution in [3.63, 3.8) is 0 Å². The predicted molar refractivity (Wildman–Crippen MR) is 82.3 cm³/mol. The third-order valence-electron chi connectivity index (χ3n) is 3.70. The Morgan fingerprint density at radius 1 is 1.43 bits per heavy atom. The number of nitrogens with zero attached hydrogens (tertiary/aromatic N) is 1. The Balaban J connectivity index is 1.62. The Labute approximate surface area is 137 Å². The van der Waals surface area contributed by atoms with Crippen LogP contribution >= 0.6 is 11.6 Å². The van der Waals surface area contributed by atoms with Gasteiger partial charge in [-0.15, -0.1) is 0 Å². The van der Waals surface area contributed by atoms with Crippen LogP contribution in [-0.4, -0.2) is 23.3 Å². The summed E-state index contributed by atoms with van der Waals surface area (Å²) in [5.41, 5.74) is 0.401. The van der Waals surface area contributed by atoms with Crippen LogP contribution in [0.2, 0.25) is 5.02 Å². The number of halogens is 2. The summed E-state index contributed by atoms with van der Waals surface area (Å²) in [6.07, 6.45) is 1.68. The normalized spacial score (nSPS) is 17.6. The van der Waals surface area contributed by atoms with Gasteiger partial charge in [0, 0.05) is 18.7 Å². The summed E-state index contributed by atoms with van der Waals surface area (Å²) in [6, 6.07) is 7.48. The van der Waals surface area contributed by atoms with Gasteiger partial charge in [0.05, 0.1) is 23.7 Å². The van der Waals surface area contributed by atoms with Crippen molar-refractivity contribution in [1.82, 2.24) is 4.90 Å². The van der Waals surface area contributed by atoms with Crippen molar-refractivity contribution in [2.45, 2.75) is 13.0 Å². The second-order valence-electron chi connectivity index (χ2n) is 5.37. The van der Waals surface area contributed by atoms with Crippen molar-refractivity contribution >= 4 is 29.1 Å². The quantitative estimate of drug-likeness (QED) is 0.933. The van der Waals surface area contributed by atoms with Gasteiger partial charge in [0.1, 0.15) is 11.6 Å². The van der Waals surface area contributed by atoms with E-state index < -0.39 is 11.7 Å². The fourth-order valence-electron chi connectivity index (χ4n) is 2.51. The molecule has 2 heterocycles. The summed E-state index contributed by atoms with van der Waals surface area (Å²) < 4.78 is 18.3. The van der Waals surface area contributed by atoms with Crippen molar-refractivity contribution in [3.8, 4) is 0 Å². The number of carbonyl (C=O) groups excluding carboxylic acids is 2. The molecule has 1 aliphatic rings. The molecule has 1 aliphatic heterocycles. The highest BCUT2D eigenvalue weighted by Crippen LogP contribution is 2.24. The Bertz CT molecular complexity index is 733. The number of nitrogens with one attached hydrogen (secondary N) is 1. The van der Waals surface area contributed by atoms with E-state index in [-0.39, 0.29) is 23.3 Å². The van der Waals surface area contributed by atoms with Crippen molar-refractivity contribution in [2.75, 3.05) is 11.9 Å². The van der Waals surface area contributed by atoms with Gasteiger partial charge < -0.3 is 14.6 Å². The van der Waals surface area contributed by atoms with Crippen molar-refractivity contribution < 1.29 is 18.4 Å². The smallest absolute Gasteiger partial charge is 0.229 e. The Morgan fingerprint density at radius 3 is 2.96 bits per heavy atom. The standard InChI is InChI=1S/C16H14ClFN2O3/c17-13-7-11(3-4-14(13)18)19-16(22)10-6-15(21)20(8-10)9-12-2-1-5-23-12/h1-5,7,10H,6,8-9H2,(H,19,22)/t10-/m1/s1. The number of likely N-dealkylation sites (tertiary alicyclic amines) is 1. The van der Waals surface area contributed by atoms with Gasteiger partial charge in [0.2, 0.25) is 11.8 Å². The molecular formula is C16H14ClFN2O3. The molecule has 5 nitrogen and oxygen atoms in total. The molecule has 1 saturated heterocycles. The molecule has 120 valence electrons. The molecule has 1 aromatic carbocycles. The summed E-state index contributed by atoms with van der Waals surface area (Å²) in [7, 11) is 0. The van der Waals surface area contributed by atoms with Crippen LogP contribution in [0.25, 0.3) is 0 Å². The van der Waals surface area contributed by atoms with E-state index in [1.54, 1.807) is 23.3 Å². The predicted octanol–water partition coefficient (Wildman–Crippen LogP) is 3.06. The monoisotopic (exact) mass is 336 g/mol. The number of hydrogen-bond donors (Lipinski definition) is 1. The minimum atomic E-state index is -0.551. The molecule has 0 radical (unpaired) electrons. The number of amides is 2. The van der Waals surface area contributed by atoms with Crippen molar-refractivity contribution in [1.29, 1.82) is 0 Å². The molecule has 1 aromatic heterocycles. The highest BCUT2D eigenvalue weighted by atomic mass is 35.5. The van der Waals surface area contributed by atoms with Gasteiger partial charge in [-0.2, -0.15) is 0 Å². The average molecular weight is 337 g/mol. The topological polar surface area (TPSA) is 62.6 Å². The van der Waals surface area contributed by atoms with Gasteiger partial charge in [0.25, 0.3) is 0 Å². The van der Waals surface area contributed by atoms with Gasteiger partial charge in [-0.3, -0.25) is 9.59 Å². The third kappa shape index (κ3) is 3.53. The molecule has 1 fully saturated rings. The first-order valence-electron chi connectivity index (χ1n) is 7.09. The van der Waals surface area contributed by atoms with Gasteiger partial charge >= 0.3 is 0 Å². The van der Waals surface area contributed by atoms with Gasteiger partial charge in [-0.25, -0.2) is 4.39 Å². The summed E-state index contributed by atoms with van der Waals surface area (Å²) in [4.78, 5) is 25.8. The lowest BCUT2D eigenvalue weighted by molar-refractivity contribution is -0.128. The van der Waals surface area contributed by atoms with E-state index in [1.165, 1.54) is 18.2 Å². The van der Waals surface area contributed by atoms with Gasteiger partial charge in [-0.05, 0) is 30.3 Å². The second kappa shape index (κ2) is 6.42. The Kier molecular flexibility index (Phi) is 4.34. The summed E-state index contributed by atoms with van der Waals surface area (Å²) in [6.45, 7) is 0.665. The van der Waals surface area contributed by atoms with Crippen LogP contribution in [0.15, 0.2) is 41.0 Å². The molecule has 23 heavy (non-hydrogen) atoms. The lowest BCUT2D eigenvalue weighted by Gasteiger charge is -2.15. The number of benzene rings is 1. The molecule has 1 N–H and O–H groups in total. The van der Waals surface area contributed by atoms with Crippen LogP contribution in [0.4, 0.5) is 10.1 Å². The van der Waals surface area contributed by atoms with E-state index >= 15 is 0 Å². The fourth-order valence-corrected chi connectivity index (χ4v) is 2.69. The molecule has 1 atom stereocenters. The van der Waals surface area contributed by atoms with Gasteiger partial charge in [-0.1, -0.05) is 11.6 Å². The zero-order chi connectivity index (χ0) is 16.4. The minimum Gasteiger partial charge on any atom is -0.467 e. The first-order chi connectivity index (χ1) is 11.0. The number of rotatable bonds is 4. The van der Waals surface area contributed by atoms with Crippen LogP contribution < -0.4 is 5.32 Å². The zero-order valence-electron chi connectivity index (χ0n) is 12.1. The number of hydrogen-bond acceptors (Lipinski definition) is 3. The highest BCUT2D eigenvalue weighted by molar-refractivity contribution is 6.31. The van der Waals surface area contributed by atoms with Crippen LogP contribution in [0.5, 0.6) is 0 Å². The second-order valence-corrected chi connectivity index (χ2v) is 5.78. The van der Waals surface area contributed by atoms with Crippen LogP contribution in [0.1, 0.15) is 12.2 Å². The number of carbonyl (C=O) groups is 2. The molecule has 0 aliphatic carbocycles. The fraction of sp³-hybridized carbons (Fsp3) is 0.250. The largest absolute Gasteiger partial charge is 0.467 e. The maximum atomic E-state index is 13.1. The summed E-state index contributed by atoms with van der Waals surface area (Å²) in [5, 5.41) is 2.59. The highest BCUT2D eigenvalue weighted by Gasteiger charge is 2.34. The molecule has 7 heteroatoms. The molecular weight excluding hydrogens is 323 g/mol. The minimum absolute atomic E-state index is 0.0651. The maximum absolute atomic E-state index is 13.1. The first-order valence-corrected chi connectivity index (χ1v) is 7.47. The molecule has 3 rings (SSSR count). The Morgan fingerprint density at radius 2 is 2.26 bits per heavy atom. The van der Waals surface area contributed by atoms with Crippen LogP contribution in [0, 0.1) is 11.7 Å². The molecule has 2 aromatic rings. The summed E-state index contributed by atoms with van der Waals surface area (Å²) >= 11 is 5.68. The average Bonchev–Trinajstić information content (AvgIpc) is 3.14. The lowest BCUT2D eigenvalue weighted by Crippen LogP contribution is -2.27. The summed E-state index contributed by atoms with van der Waals surface area (Å²) in [5.74, 6) is -0.724. The van der Waals surface area contributed by atoms with Crippen molar-refractivity contribution in [2.24, 2.45) is 5.92 Å². The molecule has 0 saturated carbocycles. The van der Waals surface area contributed by atoms with Gasteiger partial charge in [0.15, 0.2) is 0 Å². The third-order valence-corrected chi connectivity index (χ3v) is 3.99. The number of furan rings is 1. The van der Waals surface area contributed by atoms with Crippen LogP contribution in [-0.2, 0) is 16.1 Å². The van der Waals surface area contributed by atoms with E-state index in [0.29, 0.717) is 24.5 Å². The van der Waals surface area contributed by atoms with Crippen LogP contribution in [0.3, 0.4) is 0 Å². The first kappa shape index (κ1) is 15.6. The number of anilines is 1. The molecule has 0 bridgehead atoms. The van der Waals surface area contributed by atoms with E-state index in [4.69, 9.17) is 16.0 Å². The molecule has 2 amide bonds. The zero-order valence-corrected chi connectivity index (χ0v) is 12.8. The molecule has 0 spiro atoms. The maximum Gasteiger partial charge on any atom is 0.229 e. The van der Waals surface area contributed by atoms with E-state index in [9.17, 15) is 14.0 Å². The molecule has 0 unspecified atom stereocenters. The SMILES string of the molecule is O=C(Nc1ccc(F)c(Cl)c1)[C@@H]1CC(=O)N(Cc2ccco2)C1. The lowest BCUT2D eigenvalue weighted by atomic mass is 10.1. The van der Waals surface area contributed by atoms with E-state index in [2.05, 4.69) is 5.32 Å². The Hall–Kier alpha value is -2.34. The van der Waals surface area contributed by atoms with E-state index in [0.717, 1.165) is 0 Å².